The Kier molecular flexibility index (Phi) is 4.27. The summed E-state index contributed by atoms with van der Waals surface area (Å²) in [6.07, 6.45) is -0.0735. The minimum Gasteiger partial charge on any atom is -0.316 e. The standard InChI is InChI=1S/C16H11F2N3O2S/c17-11-1-2-13(12(18)6-11)21-8-10(5-14(21)22)15(23)20-16-9(7-19)3-4-24-16/h1-4,6,10H,5,8H2,(H,20,23)/t10-/m0/s1. The van der Waals surface area contributed by atoms with E-state index < -0.39 is 29.4 Å². The van der Waals surface area contributed by atoms with Crippen molar-refractivity contribution in [2.24, 2.45) is 5.92 Å². The minimum absolute atomic E-state index is 0.000477. The van der Waals surface area contributed by atoms with E-state index in [9.17, 15) is 18.4 Å². The van der Waals surface area contributed by atoms with Crippen LogP contribution in [0.4, 0.5) is 19.5 Å². The molecule has 8 heteroatoms. The van der Waals surface area contributed by atoms with Gasteiger partial charge in [0.1, 0.15) is 22.7 Å². The van der Waals surface area contributed by atoms with Gasteiger partial charge in [0.2, 0.25) is 11.8 Å². The Balaban J connectivity index is 1.75. The first-order valence-corrected chi connectivity index (χ1v) is 7.91. The van der Waals surface area contributed by atoms with E-state index in [1.807, 2.05) is 6.07 Å². The summed E-state index contributed by atoms with van der Waals surface area (Å²) in [5.41, 5.74) is 0.296. The van der Waals surface area contributed by atoms with Crippen LogP contribution in [-0.2, 0) is 9.59 Å². The highest BCUT2D eigenvalue weighted by atomic mass is 32.1. The van der Waals surface area contributed by atoms with Gasteiger partial charge in [0.15, 0.2) is 0 Å². The number of amides is 2. The number of hydrogen-bond donors (Lipinski definition) is 1. The Morgan fingerprint density at radius 3 is 2.88 bits per heavy atom. The molecule has 24 heavy (non-hydrogen) atoms. The van der Waals surface area contributed by atoms with Gasteiger partial charge in [-0.25, -0.2) is 8.78 Å². The van der Waals surface area contributed by atoms with Gasteiger partial charge in [-0.3, -0.25) is 9.59 Å². The zero-order valence-electron chi connectivity index (χ0n) is 12.3. The Hall–Kier alpha value is -2.79. The van der Waals surface area contributed by atoms with Crippen LogP contribution in [0.3, 0.4) is 0 Å². The topological polar surface area (TPSA) is 73.2 Å². The van der Waals surface area contributed by atoms with Crippen molar-refractivity contribution in [3.05, 3.63) is 46.8 Å². The minimum atomic E-state index is -0.852. The number of halogens is 2. The van der Waals surface area contributed by atoms with Crippen LogP contribution in [-0.4, -0.2) is 18.4 Å². The first kappa shape index (κ1) is 16.1. The van der Waals surface area contributed by atoms with Crippen molar-refractivity contribution in [3.8, 4) is 6.07 Å². The van der Waals surface area contributed by atoms with Crippen molar-refractivity contribution in [1.82, 2.24) is 0 Å². The molecule has 2 aromatic rings. The van der Waals surface area contributed by atoms with E-state index in [0.717, 1.165) is 11.0 Å². The third-order valence-electron chi connectivity index (χ3n) is 3.72. The van der Waals surface area contributed by atoms with Gasteiger partial charge in [-0.2, -0.15) is 5.26 Å². The van der Waals surface area contributed by atoms with E-state index in [-0.39, 0.29) is 18.7 Å². The lowest BCUT2D eigenvalue weighted by molar-refractivity contribution is -0.122. The largest absolute Gasteiger partial charge is 0.316 e. The lowest BCUT2D eigenvalue weighted by Crippen LogP contribution is -2.28. The molecule has 1 fully saturated rings. The van der Waals surface area contributed by atoms with E-state index in [4.69, 9.17) is 5.26 Å². The van der Waals surface area contributed by atoms with Crippen LogP contribution >= 0.6 is 11.3 Å². The van der Waals surface area contributed by atoms with Crippen LogP contribution < -0.4 is 10.2 Å². The third-order valence-corrected chi connectivity index (χ3v) is 4.55. The van der Waals surface area contributed by atoms with Crippen LogP contribution in [0.2, 0.25) is 0 Å². The molecule has 122 valence electrons. The van der Waals surface area contributed by atoms with Crippen LogP contribution in [0, 0.1) is 28.9 Å². The summed E-state index contributed by atoms with van der Waals surface area (Å²) in [4.78, 5) is 25.5. The molecule has 1 saturated heterocycles. The van der Waals surface area contributed by atoms with Crippen molar-refractivity contribution < 1.29 is 18.4 Å². The number of carbonyl (C=O) groups is 2. The van der Waals surface area contributed by atoms with Gasteiger partial charge in [-0.1, -0.05) is 0 Å². The van der Waals surface area contributed by atoms with Crippen molar-refractivity contribution in [2.45, 2.75) is 6.42 Å². The fraction of sp³-hybridized carbons (Fsp3) is 0.188. The molecule has 1 atom stereocenters. The predicted molar refractivity (Wildman–Crippen MR) is 84.5 cm³/mol. The number of rotatable bonds is 3. The first-order chi connectivity index (χ1) is 11.5. The molecule has 0 unspecified atom stereocenters. The smallest absolute Gasteiger partial charge is 0.230 e. The maximum atomic E-state index is 13.8. The molecule has 0 spiro atoms. The van der Waals surface area contributed by atoms with Crippen LogP contribution in [0.1, 0.15) is 12.0 Å². The molecule has 0 saturated carbocycles. The van der Waals surface area contributed by atoms with E-state index in [1.165, 1.54) is 17.4 Å². The van der Waals surface area contributed by atoms with Gasteiger partial charge in [0.05, 0.1) is 17.2 Å². The molecule has 1 aromatic heterocycles. The molecule has 1 aliphatic heterocycles. The van der Waals surface area contributed by atoms with Gasteiger partial charge in [0, 0.05) is 19.0 Å². The molecule has 0 aliphatic carbocycles. The summed E-state index contributed by atoms with van der Waals surface area (Å²) in [6, 6.07) is 6.48. The van der Waals surface area contributed by atoms with Gasteiger partial charge in [-0.05, 0) is 23.6 Å². The summed E-state index contributed by atoms with van der Waals surface area (Å²) in [7, 11) is 0. The van der Waals surface area contributed by atoms with E-state index >= 15 is 0 Å². The predicted octanol–water partition coefficient (Wildman–Crippen LogP) is 2.89. The van der Waals surface area contributed by atoms with Crippen molar-refractivity contribution in [1.29, 1.82) is 5.26 Å². The quantitative estimate of drug-likeness (QED) is 0.928. The highest BCUT2D eigenvalue weighted by Gasteiger charge is 2.36. The number of nitrogens with zero attached hydrogens (tertiary/aromatic N) is 2. The molecular formula is C16H11F2N3O2S. The summed E-state index contributed by atoms with van der Waals surface area (Å²) in [5, 5.41) is 13.7. The second-order valence-corrected chi connectivity index (χ2v) is 6.18. The highest BCUT2D eigenvalue weighted by Crippen LogP contribution is 2.29. The number of nitrogens with one attached hydrogen (secondary N) is 1. The van der Waals surface area contributed by atoms with Crippen LogP contribution in [0.25, 0.3) is 0 Å². The Morgan fingerprint density at radius 1 is 1.38 bits per heavy atom. The molecule has 0 radical (unpaired) electrons. The third kappa shape index (κ3) is 2.98. The number of carbonyl (C=O) groups excluding carboxylic acids is 2. The van der Waals surface area contributed by atoms with E-state index in [2.05, 4.69) is 5.32 Å². The maximum absolute atomic E-state index is 13.8. The monoisotopic (exact) mass is 347 g/mol. The van der Waals surface area contributed by atoms with Gasteiger partial charge >= 0.3 is 0 Å². The zero-order valence-corrected chi connectivity index (χ0v) is 13.1. The molecule has 0 bridgehead atoms. The first-order valence-electron chi connectivity index (χ1n) is 7.03. The highest BCUT2D eigenvalue weighted by molar-refractivity contribution is 7.14. The molecular weight excluding hydrogens is 336 g/mol. The second-order valence-electron chi connectivity index (χ2n) is 5.27. The van der Waals surface area contributed by atoms with Crippen LogP contribution in [0.5, 0.6) is 0 Å². The number of anilines is 2. The summed E-state index contributed by atoms with van der Waals surface area (Å²) < 4.78 is 26.8. The summed E-state index contributed by atoms with van der Waals surface area (Å²) in [6.45, 7) is 0.000477. The fourth-order valence-electron chi connectivity index (χ4n) is 2.52. The molecule has 5 nitrogen and oxygen atoms in total. The summed E-state index contributed by atoms with van der Waals surface area (Å²) in [5.74, 6) is -3.08. The maximum Gasteiger partial charge on any atom is 0.230 e. The Bertz CT molecular complexity index is 859. The van der Waals surface area contributed by atoms with E-state index in [1.54, 1.807) is 11.4 Å². The molecule has 1 aromatic carbocycles. The molecule has 1 N–H and O–H groups in total. The Labute approximate surface area is 140 Å². The fourth-order valence-corrected chi connectivity index (χ4v) is 3.26. The molecule has 2 heterocycles. The normalized spacial score (nSPS) is 17.0. The molecule has 1 aliphatic rings. The van der Waals surface area contributed by atoms with E-state index in [0.29, 0.717) is 16.6 Å². The molecule has 3 rings (SSSR count). The van der Waals surface area contributed by atoms with Gasteiger partial charge in [-0.15, -0.1) is 11.3 Å². The summed E-state index contributed by atoms with van der Waals surface area (Å²) >= 11 is 1.21. The van der Waals surface area contributed by atoms with Gasteiger partial charge in [0.25, 0.3) is 0 Å². The number of nitriles is 1. The van der Waals surface area contributed by atoms with Gasteiger partial charge < -0.3 is 10.2 Å². The zero-order chi connectivity index (χ0) is 17.3. The number of thiophene rings is 1. The molecule has 2 amide bonds. The van der Waals surface area contributed by atoms with Crippen molar-refractivity contribution in [3.63, 3.8) is 0 Å². The lowest BCUT2D eigenvalue weighted by Gasteiger charge is -2.17. The number of hydrogen-bond acceptors (Lipinski definition) is 4. The lowest BCUT2D eigenvalue weighted by atomic mass is 10.1. The Morgan fingerprint density at radius 2 is 2.17 bits per heavy atom. The van der Waals surface area contributed by atoms with Crippen molar-refractivity contribution in [2.75, 3.05) is 16.8 Å². The second kappa shape index (κ2) is 6.37. The van der Waals surface area contributed by atoms with Crippen LogP contribution in [0.15, 0.2) is 29.6 Å². The van der Waals surface area contributed by atoms with Crippen molar-refractivity contribution >= 4 is 33.8 Å². The average molecular weight is 347 g/mol. The SMILES string of the molecule is N#Cc1ccsc1NC(=O)[C@H]1CC(=O)N(c2ccc(F)cc2F)C1. The average Bonchev–Trinajstić information content (AvgIpc) is 3.14. The number of benzene rings is 1.